The first kappa shape index (κ1) is 10.7. The Morgan fingerprint density at radius 2 is 2.33 bits per heavy atom. The lowest BCUT2D eigenvalue weighted by atomic mass is 10.5. The van der Waals surface area contributed by atoms with Crippen molar-refractivity contribution in [2.24, 2.45) is 0 Å². The van der Waals surface area contributed by atoms with Crippen molar-refractivity contribution in [3.63, 3.8) is 0 Å². The van der Waals surface area contributed by atoms with E-state index in [-0.39, 0.29) is 0 Å². The molecule has 2 heterocycles. The molecule has 0 amide bonds. The van der Waals surface area contributed by atoms with Crippen molar-refractivity contribution in [2.75, 3.05) is 5.73 Å². The molecule has 0 saturated carbocycles. The second-order valence-electron chi connectivity index (χ2n) is 2.74. The molecule has 2 N–H and O–H groups in total. The van der Waals surface area contributed by atoms with E-state index in [9.17, 15) is 0 Å². The number of rotatable bonds is 3. The van der Waals surface area contributed by atoms with Crippen molar-refractivity contribution >= 4 is 39.8 Å². The fourth-order valence-electron chi connectivity index (χ4n) is 1.01. The van der Waals surface area contributed by atoms with Crippen LogP contribution in [-0.2, 0) is 5.75 Å². The van der Waals surface area contributed by atoms with Crippen molar-refractivity contribution in [1.82, 2.24) is 9.97 Å². The summed E-state index contributed by atoms with van der Waals surface area (Å²) in [6.45, 7) is 0. The lowest BCUT2D eigenvalue weighted by Crippen LogP contribution is -1.81. The molecule has 0 aliphatic heterocycles. The van der Waals surface area contributed by atoms with Crippen LogP contribution in [0.4, 0.5) is 5.13 Å². The van der Waals surface area contributed by atoms with Gasteiger partial charge in [0.2, 0.25) is 0 Å². The van der Waals surface area contributed by atoms with Gasteiger partial charge in [0.05, 0.1) is 5.02 Å². The molecule has 0 aromatic carbocycles. The van der Waals surface area contributed by atoms with Crippen molar-refractivity contribution in [3.05, 3.63) is 34.4 Å². The van der Waals surface area contributed by atoms with Gasteiger partial charge in [-0.05, 0) is 12.1 Å². The van der Waals surface area contributed by atoms with E-state index in [4.69, 9.17) is 17.3 Å². The first-order valence-corrected chi connectivity index (χ1v) is 6.37. The highest BCUT2D eigenvalue weighted by atomic mass is 35.5. The SMILES string of the molecule is Nc1ncc(CSc2ncccc2Cl)s1. The topological polar surface area (TPSA) is 51.8 Å². The highest BCUT2D eigenvalue weighted by Gasteiger charge is 2.04. The molecule has 0 spiro atoms. The van der Waals surface area contributed by atoms with Gasteiger partial charge in [-0.2, -0.15) is 0 Å². The van der Waals surface area contributed by atoms with Crippen LogP contribution in [0.2, 0.25) is 5.02 Å². The van der Waals surface area contributed by atoms with Crippen molar-refractivity contribution in [1.29, 1.82) is 0 Å². The Balaban J connectivity index is 2.02. The first-order chi connectivity index (χ1) is 7.25. The molecule has 2 aromatic rings. The minimum Gasteiger partial charge on any atom is -0.375 e. The van der Waals surface area contributed by atoms with E-state index in [0.29, 0.717) is 10.2 Å². The number of pyridine rings is 1. The second-order valence-corrected chi connectivity index (χ2v) is 5.26. The Morgan fingerprint density at radius 3 is 3.00 bits per heavy atom. The lowest BCUT2D eigenvalue weighted by Gasteiger charge is -1.99. The number of thiazole rings is 1. The summed E-state index contributed by atoms with van der Waals surface area (Å²) < 4.78 is 0. The summed E-state index contributed by atoms with van der Waals surface area (Å²) in [5.74, 6) is 0.797. The summed E-state index contributed by atoms with van der Waals surface area (Å²) in [5.41, 5.74) is 5.53. The van der Waals surface area contributed by atoms with Crippen molar-refractivity contribution in [3.8, 4) is 0 Å². The molecule has 0 radical (unpaired) electrons. The highest BCUT2D eigenvalue weighted by molar-refractivity contribution is 7.98. The van der Waals surface area contributed by atoms with Crippen LogP contribution in [-0.4, -0.2) is 9.97 Å². The predicted molar refractivity (Wildman–Crippen MR) is 65.3 cm³/mol. The molecule has 2 rings (SSSR count). The summed E-state index contributed by atoms with van der Waals surface area (Å²) in [6.07, 6.45) is 3.51. The molecule has 3 nitrogen and oxygen atoms in total. The lowest BCUT2D eigenvalue weighted by molar-refractivity contribution is 1.13. The fraction of sp³-hybridized carbons (Fsp3) is 0.111. The van der Waals surface area contributed by atoms with E-state index in [1.54, 1.807) is 24.2 Å². The monoisotopic (exact) mass is 257 g/mol. The van der Waals surface area contributed by atoms with Crippen molar-refractivity contribution in [2.45, 2.75) is 10.8 Å². The highest BCUT2D eigenvalue weighted by Crippen LogP contribution is 2.29. The summed E-state index contributed by atoms with van der Waals surface area (Å²) in [5, 5.41) is 2.11. The third-order valence-electron chi connectivity index (χ3n) is 1.65. The number of thioether (sulfide) groups is 1. The molecular formula is C9H8ClN3S2. The Kier molecular flexibility index (Phi) is 3.45. The molecule has 0 bridgehead atoms. The molecule has 78 valence electrons. The van der Waals surface area contributed by atoms with Gasteiger partial charge in [0.1, 0.15) is 5.03 Å². The second kappa shape index (κ2) is 4.83. The van der Waals surface area contributed by atoms with E-state index >= 15 is 0 Å². The molecule has 6 heteroatoms. The van der Waals surface area contributed by atoms with Crippen LogP contribution in [0.3, 0.4) is 0 Å². The number of aromatic nitrogens is 2. The number of nitrogens with zero attached hydrogens (tertiary/aromatic N) is 2. The van der Waals surface area contributed by atoms with Crippen LogP contribution in [0.1, 0.15) is 4.88 Å². The summed E-state index contributed by atoms with van der Waals surface area (Å²) in [6, 6.07) is 3.65. The maximum atomic E-state index is 5.98. The number of halogens is 1. The van der Waals surface area contributed by atoms with E-state index in [1.807, 2.05) is 12.1 Å². The Labute approximate surface area is 101 Å². The maximum absolute atomic E-state index is 5.98. The van der Waals surface area contributed by atoms with Gasteiger partial charge in [0.25, 0.3) is 0 Å². The van der Waals surface area contributed by atoms with Crippen LogP contribution < -0.4 is 5.73 Å². The molecule has 2 aromatic heterocycles. The minimum absolute atomic E-state index is 0.595. The standard InChI is InChI=1S/C9H8ClN3S2/c10-7-2-1-3-12-8(7)14-5-6-4-13-9(11)15-6/h1-4H,5H2,(H2,11,13). The van der Waals surface area contributed by atoms with Gasteiger partial charge in [0.15, 0.2) is 5.13 Å². The molecule has 0 aliphatic carbocycles. The van der Waals surface area contributed by atoms with E-state index in [0.717, 1.165) is 15.7 Å². The summed E-state index contributed by atoms with van der Waals surface area (Å²) in [4.78, 5) is 9.29. The zero-order valence-electron chi connectivity index (χ0n) is 7.68. The number of hydrogen-bond donors (Lipinski definition) is 1. The van der Waals surface area contributed by atoms with E-state index in [2.05, 4.69) is 9.97 Å². The van der Waals surface area contributed by atoms with Crippen LogP contribution in [0.5, 0.6) is 0 Å². The molecular weight excluding hydrogens is 250 g/mol. The average Bonchev–Trinajstić information content (AvgIpc) is 2.63. The maximum Gasteiger partial charge on any atom is 0.180 e. The molecule has 0 unspecified atom stereocenters. The number of anilines is 1. The van der Waals surface area contributed by atoms with Crippen molar-refractivity contribution < 1.29 is 0 Å². The van der Waals surface area contributed by atoms with Gasteiger partial charge >= 0.3 is 0 Å². The fourth-order valence-corrected chi connectivity index (χ4v) is 2.88. The number of hydrogen-bond acceptors (Lipinski definition) is 5. The van der Waals surface area contributed by atoms with Gasteiger partial charge in [-0.1, -0.05) is 23.4 Å². The van der Waals surface area contributed by atoms with Gasteiger partial charge in [-0.25, -0.2) is 9.97 Å². The zero-order valence-corrected chi connectivity index (χ0v) is 10.1. The van der Waals surface area contributed by atoms with Crippen LogP contribution in [0.25, 0.3) is 0 Å². The average molecular weight is 258 g/mol. The van der Waals surface area contributed by atoms with Gasteiger partial charge in [0, 0.05) is 23.0 Å². The minimum atomic E-state index is 0.595. The normalized spacial score (nSPS) is 10.5. The van der Waals surface area contributed by atoms with Gasteiger partial charge < -0.3 is 5.73 Å². The van der Waals surface area contributed by atoms with E-state index in [1.165, 1.54) is 11.3 Å². The van der Waals surface area contributed by atoms with Crippen LogP contribution >= 0.6 is 34.7 Å². The van der Waals surface area contributed by atoms with Gasteiger partial charge in [-0.15, -0.1) is 11.3 Å². The summed E-state index contributed by atoms with van der Waals surface area (Å²) in [7, 11) is 0. The Morgan fingerprint density at radius 1 is 1.47 bits per heavy atom. The number of nitrogens with two attached hydrogens (primary N) is 1. The van der Waals surface area contributed by atoms with E-state index < -0.39 is 0 Å². The Hall–Kier alpha value is -0.780. The quantitative estimate of drug-likeness (QED) is 0.859. The third kappa shape index (κ3) is 2.84. The molecule has 15 heavy (non-hydrogen) atoms. The molecule has 0 fully saturated rings. The van der Waals surface area contributed by atoms with Crippen LogP contribution in [0.15, 0.2) is 29.6 Å². The largest absolute Gasteiger partial charge is 0.375 e. The molecule has 0 aliphatic rings. The first-order valence-electron chi connectivity index (χ1n) is 4.19. The molecule has 0 saturated heterocycles. The third-order valence-corrected chi connectivity index (χ3v) is 4.13. The van der Waals surface area contributed by atoms with Crippen LogP contribution in [0, 0.1) is 0 Å². The number of nitrogen functional groups attached to an aromatic ring is 1. The predicted octanol–water partition coefficient (Wildman–Crippen LogP) is 3.07. The van der Waals surface area contributed by atoms with Gasteiger partial charge in [-0.3, -0.25) is 0 Å². The smallest absolute Gasteiger partial charge is 0.180 e. The summed E-state index contributed by atoms with van der Waals surface area (Å²) >= 11 is 9.05. The Bertz CT molecular complexity index is 458. The zero-order chi connectivity index (χ0) is 10.7. The molecule has 0 atom stereocenters.